The summed E-state index contributed by atoms with van der Waals surface area (Å²) >= 11 is 13.7. The average Bonchev–Trinajstić information content (AvgIpc) is 2.81. The topological polar surface area (TPSA) is 38.1 Å². The average molecular weight is 396 g/mol. The van der Waals surface area contributed by atoms with Crippen molar-refractivity contribution >= 4 is 44.8 Å². The molecule has 0 amide bonds. The molecule has 2 heterocycles. The normalized spacial score (nSPS) is 11.6. The van der Waals surface area contributed by atoms with Gasteiger partial charge in [-0.15, -0.1) is 11.3 Å². The summed E-state index contributed by atoms with van der Waals surface area (Å²) in [7, 11) is 3.93. The summed E-state index contributed by atoms with van der Waals surface area (Å²) < 4.78 is 1.74. The molecule has 2 aromatic heterocycles. The van der Waals surface area contributed by atoms with Crippen LogP contribution < -0.4 is 5.56 Å². The van der Waals surface area contributed by atoms with E-state index >= 15 is 0 Å². The lowest BCUT2D eigenvalue weighted by Crippen LogP contribution is -2.28. The summed E-state index contributed by atoms with van der Waals surface area (Å²) in [6, 6.07) is 5.43. The van der Waals surface area contributed by atoms with Crippen LogP contribution in [0.4, 0.5) is 0 Å². The van der Waals surface area contributed by atoms with Gasteiger partial charge in [-0.25, -0.2) is 4.98 Å². The molecule has 0 N–H and O–H groups in total. The van der Waals surface area contributed by atoms with Crippen LogP contribution >= 0.6 is 34.5 Å². The Balaban J connectivity index is 2.19. The van der Waals surface area contributed by atoms with Crippen molar-refractivity contribution in [1.29, 1.82) is 0 Å². The van der Waals surface area contributed by atoms with Crippen molar-refractivity contribution in [3.63, 3.8) is 0 Å². The van der Waals surface area contributed by atoms with Crippen LogP contribution in [0.25, 0.3) is 10.2 Å². The number of hydrogen-bond donors (Lipinski definition) is 0. The number of fused-ring (bicyclic) bond motifs is 1. The Morgan fingerprint density at radius 2 is 1.92 bits per heavy atom. The number of halogens is 2. The minimum absolute atomic E-state index is 0.00484. The van der Waals surface area contributed by atoms with Crippen LogP contribution in [0.1, 0.15) is 21.8 Å². The molecule has 132 valence electrons. The molecule has 3 rings (SSSR count). The van der Waals surface area contributed by atoms with Crippen molar-refractivity contribution in [2.75, 3.05) is 14.1 Å². The van der Waals surface area contributed by atoms with Crippen LogP contribution in [0.5, 0.6) is 0 Å². The first kappa shape index (κ1) is 18.4. The Kier molecular flexibility index (Phi) is 5.21. The highest BCUT2D eigenvalue weighted by atomic mass is 35.5. The predicted molar refractivity (Wildman–Crippen MR) is 106 cm³/mol. The number of rotatable bonds is 4. The lowest BCUT2D eigenvalue weighted by Gasteiger charge is -2.16. The van der Waals surface area contributed by atoms with Gasteiger partial charge in [0.05, 0.1) is 28.5 Å². The molecule has 1 aromatic carbocycles. The van der Waals surface area contributed by atoms with E-state index < -0.39 is 0 Å². The molecule has 0 saturated carbocycles. The van der Waals surface area contributed by atoms with Gasteiger partial charge in [-0.05, 0) is 51.2 Å². The molecule has 0 bridgehead atoms. The molecule has 0 aliphatic heterocycles. The Morgan fingerprint density at radius 1 is 1.20 bits per heavy atom. The van der Waals surface area contributed by atoms with Crippen molar-refractivity contribution in [3.8, 4) is 0 Å². The molecule has 4 nitrogen and oxygen atoms in total. The highest BCUT2D eigenvalue weighted by Crippen LogP contribution is 2.27. The fourth-order valence-electron chi connectivity index (χ4n) is 2.76. The lowest BCUT2D eigenvalue weighted by molar-refractivity contribution is 0.379. The van der Waals surface area contributed by atoms with Crippen LogP contribution in [0.15, 0.2) is 23.0 Å². The maximum Gasteiger partial charge on any atom is 0.262 e. The summed E-state index contributed by atoms with van der Waals surface area (Å²) in [5.74, 6) is 0.745. The highest BCUT2D eigenvalue weighted by Gasteiger charge is 2.17. The van der Waals surface area contributed by atoms with E-state index in [0.29, 0.717) is 28.5 Å². The van der Waals surface area contributed by atoms with Crippen molar-refractivity contribution < 1.29 is 0 Å². The van der Waals surface area contributed by atoms with E-state index in [0.717, 1.165) is 26.7 Å². The molecule has 0 aliphatic carbocycles. The van der Waals surface area contributed by atoms with Crippen molar-refractivity contribution in [2.24, 2.45) is 0 Å². The number of aryl methyl sites for hydroxylation is 2. The molecule has 3 aromatic rings. The van der Waals surface area contributed by atoms with E-state index in [9.17, 15) is 4.79 Å². The third-order valence-electron chi connectivity index (χ3n) is 4.15. The fourth-order valence-corrected chi connectivity index (χ4v) is 4.12. The largest absolute Gasteiger partial charge is 0.302 e. The highest BCUT2D eigenvalue weighted by molar-refractivity contribution is 7.18. The Bertz CT molecular complexity index is 1010. The maximum absolute atomic E-state index is 13.2. The molecule has 0 unspecified atom stereocenters. The van der Waals surface area contributed by atoms with Gasteiger partial charge < -0.3 is 4.90 Å². The van der Waals surface area contributed by atoms with E-state index in [2.05, 4.69) is 0 Å². The van der Waals surface area contributed by atoms with E-state index in [1.54, 1.807) is 28.0 Å². The number of thiophene rings is 1. The van der Waals surface area contributed by atoms with E-state index in [-0.39, 0.29) is 5.56 Å². The summed E-state index contributed by atoms with van der Waals surface area (Å²) in [5, 5.41) is 1.70. The molecule has 25 heavy (non-hydrogen) atoms. The SMILES string of the molecule is Cc1sc2nc(CN(C)C)n(Cc3ccc(Cl)c(Cl)c3)c(=O)c2c1C. The molecule has 0 atom stereocenters. The number of benzene rings is 1. The Labute approximate surface area is 160 Å². The standard InChI is InChI=1S/C18H19Cl2N3OS/c1-10-11(2)25-17-16(10)18(24)23(15(21-17)9-22(3)4)8-12-5-6-13(19)14(20)7-12/h5-7H,8-9H2,1-4H3. The third-order valence-corrected chi connectivity index (χ3v) is 5.99. The van der Waals surface area contributed by atoms with E-state index in [1.807, 2.05) is 38.9 Å². The Morgan fingerprint density at radius 3 is 2.56 bits per heavy atom. The minimum atomic E-state index is -0.00484. The third kappa shape index (κ3) is 3.60. The van der Waals surface area contributed by atoms with Crippen molar-refractivity contribution in [2.45, 2.75) is 26.9 Å². The van der Waals surface area contributed by atoms with E-state index in [1.165, 1.54) is 0 Å². The number of aromatic nitrogens is 2. The lowest BCUT2D eigenvalue weighted by atomic mass is 10.2. The first-order valence-electron chi connectivity index (χ1n) is 7.86. The van der Waals surface area contributed by atoms with E-state index in [4.69, 9.17) is 28.2 Å². The van der Waals surface area contributed by atoms with Crippen LogP contribution in [0.2, 0.25) is 10.0 Å². The second kappa shape index (κ2) is 7.08. The van der Waals surface area contributed by atoms with Crippen LogP contribution in [0.3, 0.4) is 0 Å². The second-order valence-electron chi connectivity index (χ2n) is 6.37. The smallest absolute Gasteiger partial charge is 0.262 e. The molecule has 0 aliphatic rings. The zero-order chi connectivity index (χ0) is 18.3. The van der Waals surface area contributed by atoms with Gasteiger partial charge in [0.15, 0.2) is 0 Å². The second-order valence-corrected chi connectivity index (χ2v) is 8.39. The van der Waals surface area contributed by atoms with Gasteiger partial charge in [0.1, 0.15) is 10.7 Å². The summed E-state index contributed by atoms with van der Waals surface area (Å²) in [4.78, 5) is 21.9. The molecule has 0 saturated heterocycles. The predicted octanol–water partition coefficient (Wildman–Crippen LogP) is 4.49. The summed E-state index contributed by atoms with van der Waals surface area (Å²) in [6.07, 6.45) is 0. The van der Waals surface area contributed by atoms with Crippen LogP contribution in [0, 0.1) is 13.8 Å². The fraction of sp³-hybridized carbons (Fsp3) is 0.333. The van der Waals surface area contributed by atoms with Crippen LogP contribution in [-0.4, -0.2) is 28.5 Å². The molecular formula is C18H19Cl2N3OS. The molecule has 0 fully saturated rings. The Hall–Kier alpha value is -1.40. The molecule has 0 radical (unpaired) electrons. The number of hydrogen-bond acceptors (Lipinski definition) is 4. The van der Waals surface area contributed by atoms with Gasteiger partial charge in [-0.3, -0.25) is 9.36 Å². The first-order valence-corrected chi connectivity index (χ1v) is 9.43. The zero-order valence-electron chi connectivity index (χ0n) is 14.6. The van der Waals surface area contributed by atoms with Gasteiger partial charge in [-0.2, -0.15) is 0 Å². The molecular weight excluding hydrogens is 377 g/mol. The zero-order valence-corrected chi connectivity index (χ0v) is 16.9. The van der Waals surface area contributed by atoms with Crippen molar-refractivity contribution in [3.05, 3.63) is 60.4 Å². The van der Waals surface area contributed by atoms with Gasteiger partial charge in [0, 0.05) is 4.88 Å². The molecule has 7 heteroatoms. The quantitative estimate of drug-likeness (QED) is 0.652. The first-order chi connectivity index (χ1) is 11.8. The van der Waals surface area contributed by atoms with Crippen molar-refractivity contribution in [1.82, 2.24) is 14.5 Å². The van der Waals surface area contributed by atoms with Gasteiger partial charge in [-0.1, -0.05) is 29.3 Å². The van der Waals surface area contributed by atoms with Gasteiger partial charge in [0.25, 0.3) is 5.56 Å². The van der Waals surface area contributed by atoms with Crippen LogP contribution in [-0.2, 0) is 13.1 Å². The van der Waals surface area contributed by atoms with Gasteiger partial charge in [0.2, 0.25) is 0 Å². The van der Waals surface area contributed by atoms with Gasteiger partial charge >= 0.3 is 0 Å². The molecule has 0 spiro atoms. The number of nitrogens with zero attached hydrogens (tertiary/aromatic N) is 3. The summed E-state index contributed by atoms with van der Waals surface area (Å²) in [6.45, 7) is 5.00. The summed E-state index contributed by atoms with van der Waals surface area (Å²) in [5.41, 5.74) is 1.92. The minimum Gasteiger partial charge on any atom is -0.302 e. The monoisotopic (exact) mass is 395 g/mol. The maximum atomic E-state index is 13.2.